The van der Waals surface area contributed by atoms with Gasteiger partial charge in [0.25, 0.3) is 11.4 Å². The Morgan fingerprint density at radius 2 is 1.43 bits per heavy atom. The second-order valence-corrected chi connectivity index (χ2v) is 4.91. The summed E-state index contributed by atoms with van der Waals surface area (Å²) in [5.41, 5.74) is 0.450. The molecule has 0 N–H and O–H groups in total. The Bertz CT molecular complexity index is 668. The Balaban J connectivity index is 2.59. The maximum Gasteiger partial charge on any atom is 0.279 e. The molecule has 0 saturated carbocycles. The molecule has 0 heterocycles. The van der Waals surface area contributed by atoms with E-state index in [2.05, 4.69) is 0 Å². The Hall–Kier alpha value is -2.47. The molecule has 0 amide bonds. The van der Waals surface area contributed by atoms with Gasteiger partial charge in [0.2, 0.25) is 0 Å². The van der Waals surface area contributed by atoms with Gasteiger partial charge in [-0.1, -0.05) is 30.3 Å². The molecule has 0 radical (unpaired) electrons. The molecule has 0 aromatic heterocycles. The molecule has 2 rings (SSSR count). The number of nitro groups is 2. The lowest BCUT2D eigenvalue weighted by Gasteiger charge is -2.11. The van der Waals surface area contributed by atoms with Crippen molar-refractivity contribution in [2.24, 2.45) is 0 Å². The SMILES string of the molecule is Cc1c([N+](=O)[O-])cc(C(Cl)c2ccccc2)cc1[N+](=O)[O-]. The zero-order valence-corrected chi connectivity index (χ0v) is 11.8. The van der Waals surface area contributed by atoms with Gasteiger partial charge in [0, 0.05) is 12.1 Å². The molecule has 0 saturated heterocycles. The van der Waals surface area contributed by atoms with Crippen LogP contribution >= 0.6 is 11.6 Å². The highest BCUT2D eigenvalue weighted by Crippen LogP contribution is 2.36. The largest absolute Gasteiger partial charge is 0.279 e. The number of hydrogen-bond donors (Lipinski definition) is 0. The van der Waals surface area contributed by atoms with Gasteiger partial charge in [-0.05, 0) is 18.1 Å². The van der Waals surface area contributed by atoms with Crippen LogP contribution in [-0.4, -0.2) is 9.85 Å². The summed E-state index contributed by atoms with van der Waals surface area (Å²) in [6.45, 7) is 1.35. The standard InChI is InChI=1S/C14H11ClN2O4/c1-9-12(16(18)19)7-11(8-13(9)17(20)21)14(15)10-5-3-2-4-6-10/h2-8,14H,1H3. The van der Waals surface area contributed by atoms with E-state index in [0.29, 0.717) is 11.1 Å². The zero-order valence-electron chi connectivity index (χ0n) is 11.0. The fourth-order valence-electron chi connectivity index (χ4n) is 2.05. The third kappa shape index (κ3) is 3.00. The van der Waals surface area contributed by atoms with Gasteiger partial charge < -0.3 is 0 Å². The van der Waals surface area contributed by atoms with Crippen molar-refractivity contribution >= 4 is 23.0 Å². The average molecular weight is 307 g/mol. The fraction of sp³-hybridized carbons (Fsp3) is 0.143. The molecule has 0 bridgehead atoms. The first-order valence-electron chi connectivity index (χ1n) is 6.04. The molecular formula is C14H11ClN2O4. The molecule has 108 valence electrons. The normalized spacial score (nSPS) is 11.9. The highest BCUT2D eigenvalue weighted by atomic mass is 35.5. The van der Waals surface area contributed by atoms with Crippen molar-refractivity contribution in [2.75, 3.05) is 0 Å². The minimum Gasteiger partial charge on any atom is -0.258 e. The van der Waals surface area contributed by atoms with Crippen LogP contribution in [0.4, 0.5) is 11.4 Å². The van der Waals surface area contributed by atoms with Crippen molar-refractivity contribution in [2.45, 2.75) is 12.3 Å². The lowest BCUT2D eigenvalue weighted by molar-refractivity contribution is -0.395. The molecule has 6 nitrogen and oxygen atoms in total. The van der Waals surface area contributed by atoms with Crippen molar-refractivity contribution in [3.63, 3.8) is 0 Å². The molecule has 2 aromatic rings. The van der Waals surface area contributed by atoms with Gasteiger partial charge in [0.15, 0.2) is 0 Å². The highest BCUT2D eigenvalue weighted by Gasteiger charge is 2.25. The van der Waals surface area contributed by atoms with E-state index < -0.39 is 15.2 Å². The third-order valence-corrected chi connectivity index (χ3v) is 3.66. The summed E-state index contributed by atoms with van der Waals surface area (Å²) in [5.74, 6) is 0. The number of halogens is 1. The first kappa shape index (κ1) is 14.9. The number of hydrogen-bond acceptors (Lipinski definition) is 4. The summed E-state index contributed by atoms with van der Waals surface area (Å²) in [6.07, 6.45) is 0. The Labute approximate surface area is 125 Å². The fourth-order valence-corrected chi connectivity index (χ4v) is 2.32. The van der Waals surface area contributed by atoms with Gasteiger partial charge in [0.1, 0.15) is 5.56 Å². The second kappa shape index (κ2) is 5.88. The molecule has 21 heavy (non-hydrogen) atoms. The molecule has 2 aromatic carbocycles. The van der Waals surface area contributed by atoms with E-state index >= 15 is 0 Å². The molecule has 1 atom stereocenters. The molecule has 0 aliphatic rings. The number of benzene rings is 2. The summed E-state index contributed by atoms with van der Waals surface area (Å²) in [7, 11) is 0. The van der Waals surface area contributed by atoms with E-state index in [1.54, 1.807) is 24.3 Å². The molecule has 7 heteroatoms. The van der Waals surface area contributed by atoms with E-state index in [4.69, 9.17) is 11.6 Å². The first-order valence-corrected chi connectivity index (χ1v) is 6.47. The van der Waals surface area contributed by atoms with Crippen molar-refractivity contribution in [3.8, 4) is 0 Å². The molecule has 0 spiro atoms. The smallest absolute Gasteiger partial charge is 0.258 e. The molecule has 0 aliphatic heterocycles. The van der Waals surface area contributed by atoms with Crippen LogP contribution < -0.4 is 0 Å². The van der Waals surface area contributed by atoms with E-state index in [1.807, 2.05) is 6.07 Å². The van der Waals surface area contributed by atoms with Gasteiger partial charge in [-0.3, -0.25) is 20.2 Å². The number of nitrogens with zero attached hydrogens (tertiary/aromatic N) is 2. The van der Waals surface area contributed by atoms with Crippen LogP contribution in [-0.2, 0) is 0 Å². The van der Waals surface area contributed by atoms with Crippen LogP contribution in [0.3, 0.4) is 0 Å². The van der Waals surface area contributed by atoms with E-state index in [9.17, 15) is 20.2 Å². The van der Waals surface area contributed by atoms with Gasteiger partial charge in [-0.2, -0.15) is 0 Å². The third-order valence-electron chi connectivity index (χ3n) is 3.15. The summed E-state index contributed by atoms with van der Waals surface area (Å²) < 4.78 is 0. The lowest BCUT2D eigenvalue weighted by atomic mass is 10.0. The monoisotopic (exact) mass is 306 g/mol. The Kier molecular flexibility index (Phi) is 4.18. The van der Waals surface area contributed by atoms with E-state index in [-0.39, 0.29) is 16.9 Å². The van der Waals surface area contributed by atoms with Crippen LogP contribution in [0.1, 0.15) is 22.1 Å². The maximum atomic E-state index is 11.0. The summed E-state index contributed by atoms with van der Waals surface area (Å²) in [5, 5.41) is 21.4. The second-order valence-electron chi connectivity index (χ2n) is 4.47. The quantitative estimate of drug-likeness (QED) is 0.482. The van der Waals surface area contributed by atoms with Crippen molar-refractivity contribution in [1.82, 2.24) is 0 Å². The van der Waals surface area contributed by atoms with Gasteiger partial charge in [0.05, 0.1) is 15.2 Å². The van der Waals surface area contributed by atoms with Crippen molar-refractivity contribution < 1.29 is 9.85 Å². The van der Waals surface area contributed by atoms with Gasteiger partial charge >= 0.3 is 0 Å². The minimum absolute atomic E-state index is 0.0191. The maximum absolute atomic E-state index is 11.0. The molecular weight excluding hydrogens is 296 g/mol. The Morgan fingerprint density at radius 3 is 1.86 bits per heavy atom. The van der Waals surface area contributed by atoms with Crippen molar-refractivity contribution in [1.29, 1.82) is 0 Å². The van der Waals surface area contributed by atoms with Crippen LogP contribution in [0, 0.1) is 27.2 Å². The van der Waals surface area contributed by atoms with Crippen LogP contribution in [0.15, 0.2) is 42.5 Å². The predicted molar refractivity (Wildman–Crippen MR) is 78.6 cm³/mol. The van der Waals surface area contributed by atoms with E-state index in [1.165, 1.54) is 19.1 Å². The summed E-state index contributed by atoms with van der Waals surface area (Å²) in [6, 6.07) is 11.5. The van der Waals surface area contributed by atoms with Crippen LogP contribution in [0.25, 0.3) is 0 Å². The van der Waals surface area contributed by atoms with Crippen LogP contribution in [0.2, 0.25) is 0 Å². The number of nitro benzene ring substituents is 2. The lowest BCUT2D eigenvalue weighted by Crippen LogP contribution is -2.02. The zero-order chi connectivity index (χ0) is 15.6. The topological polar surface area (TPSA) is 86.3 Å². The predicted octanol–water partition coefficient (Wildman–Crippen LogP) is 4.14. The molecule has 0 aliphatic carbocycles. The number of rotatable bonds is 4. The van der Waals surface area contributed by atoms with Gasteiger partial charge in [-0.25, -0.2) is 0 Å². The summed E-state index contributed by atoms with van der Waals surface area (Å²) >= 11 is 6.29. The van der Waals surface area contributed by atoms with Crippen molar-refractivity contribution in [3.05, 3.63) is 79.4 Å². The highest BCUT2D eigenvalue weighted by molar-refractivity contribution is 6.22. The van der Waals surface area contributed by atoms with E-state index in [0.717, 1.165) is 0 Å². The minimum atomic E-state index is -0.691. The molecule has 1 unspecified atom stereocenters. The average Bonchev–Trinajstić information content (AvgIpc) is 2.47. The molecule has 0 fully saturated rings. The number of alkyl halides is 1. The Morgan fingerprint density at radius 1 is 0.952 bits per heavy atom. The van der Waals surface area contributed by atoms with Crippen LogP contribution in [0.5, 0.6) is 0 Å². The first-order chi connectivity index (χ1) is 9.91. The summed E-state index contributed by atoms with van der Waals surface area (Å²) in [4.78, 5) is 20.8. The van der Waals surface area contributed by atoms with Gasteiger partial charge in [-0.15, -0.1) is 11.6 Å².